The van der Waals surface area contributed by atoms with Crippen molar-refractivity contribution in [3.8, 4) is 0 Å². The van der Waals surface area contributed by atoms with Gasteiger partial charge in [0.15, 0.2) is 5.11 Å². The van der Waals surface area contributed by atoms with Crippen LogP contribution in [0.3, 0.4) is 0 Å². The third kappa shape index (κ3) is 3.03. The number of hydrogen-bond donors (Lipinski definition) is 1. The normalized spacial score (nSPS) is 16.1. The Bertz CT molecular complexity index is 822. The molecule has 0 bridgehead atoms. The van der Waals surface area contributed by atoms with Crippen molar-refractivity contribution >= 4 is 35.0 Å². The summed E-state index contributed by atoms with van der Waals surface area (Å²) in [6.45, 7) is 6.10. The molecule has 0 atom stereocenters. The van der Waals surface area contributed by atoms with Crippen LogP contribution in [0.4, 0.5) is 5.69 Å². The SMILES string of the molecule is Cc1ccc(N2C(=O)/C(=C/c3ccc(C)cc3C)NC2=S)cc1. The Kier molecular flexibility index (Phi) is 4.01. The molecular formula is C19H18N2OS. The Morgan fingerprint density at radius 3 is 2.30 bits per heavy atom. The van der Waals surface area contributed by atoms with Gasteiger partial charge in [-0.25, -0.2) is 0 Å². The number of rotatable bonds is 2. The van der Waals surface area contributed by atoms with E-state index in [-0.39, 0.29) is 5.91 Å². The molecule has 1 aliphatic rings. The Labute approximate surface area is 141 Å². The van der Waals surface area contributed by atoms with Crippen LogP contribution >= 0.6 is 12.2 Å². The summed E-state index contributed by atoms with van der Waals surface area (Å²) in [5.41, 5.74) is 5.77. The summed E-state index contributed by atoms with van der Waals surface area (Å²) in [7, 11) is 0. The molecule has 4 heteroatoms. The van der Waals surface area contributed by atoms with E-state index in [9.17, 15) is 4.79 Å². The quantitative estimate of drug-likeness (QED) is 0.673. The number of carbonyl (C=O) groups excluding carboxylic acids is 1. The first kappa shape index (κ1) is 15.4. The van der Waals surface area contributed by atoms with Gasteiger partial charge in [-0.15, -0.1) is 0 Å². The topological polar surface area (TPSA) is 32.3 Å². The van der Waals surface area contributed by atoms with Crippen molar-refractivity contribution in [1.29, 1.82) is 0 Å². The molecule has 1 saturated heterocycles. The van der Waals surface area contributed by atoms with Gasteiger partial charge >= 0.3 is 0 Å². The highest BCUT2D eigenvalue weighted by molar-refractivity contribution is 7.80. The zero-order valence-corrected chi connectivity index (χ0v) is 14.2. The zero-order chi connectivity index (χ0) is 16.6. The van der Waals surface area contributed by atoms with Crippen LogP contribution in [0.15, 0.2) is 48.2 Å². The molecule has 0 aromatic heterocycles. The molecule has 23 heavy (non-hydrogen) atoms. The molecule has 0 spiro atoms. The predicted molar refractivity (Wildman–Crippen MR) is 98.3 cm³/mol. The highest BCUT2D eigenvalue weighted by atomic mass is 32.1. The molecule has 1 fully saturated rings. The number of anilines is 1. The summed E-state index contributed by atoms with van der Waals surface area (Å²) in [5.74, 6) is -0.126. The maximum absolute atomic E-state index is 12.7. The first-order chi connectivity index (χ1) is 11.0. The zero-order valence-electron chi connectivity index (χ0n) is 13.4. The number of nitrogens with zero attached hydrogens (tertiary/aromatic N) is 1. The molecule has 3 rings (SSSR count). The lowest BCUT2D eigenvalue weighted by atomic mass is 10.0. The maximum atomic E-state index is 12.7. The van der Waals surface area contributed by atoms with Crippen molar-refractivity contribution in [3.05, 3.63) is 70.4 Å². The Balaban J connectivity index is 1.94. The average molecular weight is 322 g/mol. The lowest BCUT2D eigenvalue weighted by molar-refractivity contribution is -0.113. The molecule has 1 aliphatic heterocycles. The van der Waals surface area contributed by atoms with E-state index in [0.717, 1.165) is 22.4 Å². The van der Waals surface area contributed by atoms with Crippen LogP contribution in [0.25, 0.3) is 6.08 Å². The summed E-state index contributed by atoms with van der Waals surface area (Å²) in [6, 6.07) is 13.9. The second-order valence-corrected chi connectivity index (χ2v) is 6.21. The van der Waals surface area contributed by atoms with Crippen LogP contribution in [0.5, 0.6) is 0 Å². The molecule has 3 nitrogen and oxygen atoms in total. The number of thiocarbonyl (C=S) groups is 1. The summed E-state index contributed by atoms with van der Waals surface area (Å²) in [5, 5.41) is 3.44. The van der Waals surface area contributed by atoms with Crippen LogP contribution in [0.1, 0.15) is 22.3 Å². The summed E-state index contributed by atoms with van der Waals surface area (Å²) < 4.78 is 0. The minimum atomic E-state index is -0.126. The van der Waals surface area contributed by atoms with Crippen molar-refractivity contribution in [3.63, 3.8) is 0 Å². The number of aryl methyl sites for hydroxylation is 3. The molecular weight excluding hydrogens is 304 g/mol. The molecule has 116 valence electrons. The smallest absolute Gasteiger partial charge is 0.281 e. The predicted octanol–water partition coefficient (Wildman–Crippen LogP) is 3.87. The number of hydrogen-bond acceptors (Lipinski definition) is 2. The van der Waals surface area contributed by atoms with E-state index in [1.54, 1.807) is 0 Å². The van der Waals surface area contributed by atoms with Crippen molar-refractivity contribution < 1.29 is 4.79 Å². The third-order valence-electron chi connectivity index (χ3n) is 3.90. The van der Waals surface area contributed by atoms with E-state index >= 15 is 0 Å². The van der Waals surface area contributed by atoms with Crippen LogP contribution in [-0.4, -0.2) is 11.0 Å². The molecule has 1 N–H and O–H groups in total. The first-order valence-corrected chi connectivity index (χ1v) is 7.87. The number of nitrogens with one attached hydrogen (secondary N) is 1. The lowest BCUT2D eigenvalue weighted by Gasteiger charge is -2.14. The van der Waals surface area contributed by atoms with Crippen molar-refractivity contribution in [1.82, 2.24) is 5.32 Å². The van der Waals surface area contributed by atoms with Crippen molar-refractivity contribution in [2.75, 3.05) is 4.90 Å². The van der Waals surface area contributed by atoms with E-state index in [2.05, 4.69) is 18.3 Å². The van der Waals surface area contributed by atoms with Gasteiger partial charge in [0.05, 0.1) is 5.69 Å². The monoisotopic (exact) mass is 322 g/mol. The van der Waals surface area contributed by atoms with Gasteiger partial charge in [-0.1, -0.05) is 41.5 Å². The fourth-order valence-electron chi connectivity index (χ4n) is 2.61. The van der Waals surface area contributed by atoms with E-state index in [0.29, 0.717) is 10.8 Å². The second kappa shape index (κ2) is 5.97. The van der Waals surface area contributed by atoms with E-state index in [4.69, 9.17) is 12.2 Å². The Morgan fingerprint density at radius 2 is 1.65 bits per heavy atom. The summed E-state index contributed by atoms with van der Waals surface area (Å²) >= 11 is 5.33. The van der Waals surface area contributed by atoms with Gasteiger partial charge in [0.1, 0.15) is 5.70 Å². The van der Waals surface area contributed by atoms with Gasteiger partial charge in [-0.05, 0) is 62.3 Å². The summed E-state index contributed by atoms with van der Waals surface area (Å²) in [4.78, 5) is 14.2. The van der Waals surface area contributed by atoms with Crippen LogP contribution in [-0.2, 0) is 4.79 Å². The highest BCUT2D eigenvalue weighted by Gasteiger charge is 2.31. The molecule has 0 unspecified atom stereocenters. The van der Waals surface area contributed by atoms with Gasteiger partial charge in [-0.3, -0.25) is 9.69 Å². The van der Waals surface area contributed by atoms with Crippen LogP contribution in [0.2, 0.25) is 0 Å². The molecule has 2 aromatic carbocycles. The number of carbonyl (C=O) groups is 1. The molecule has 0 saturated carbocycles. The third-order valence-corrected chi connectivity index (χ3v) is 4.18. The maximum Gasteiger partial charge on any atom is 0.281 e. The van der Waals surface area contributed by atoms with E-state index < -0.39 is 0 Å². The number of benzene rings is 2. The fourth-order valence-corrected chi connectivity index (χ4v) is 2.90. The molecule has 1 heterocycles. The largest absolute Gasteiger partial charge is 0.327 e. The summed E-state index contributed by atoms with van der Waals surface area (Å²) in [6.07, 6.45) is 1.86. The van der Waals surface area contributed by atoms with Crippen LogP contribution in [0, 0.1) is 20.8 Å². The van der Waals surface area contributed by atoms with Gasteiger partial charge in [-0.2, -0.15) is 0 Å². The Hall–Kier alpha value is -2.46. The van der Waals surface area contributed by atoms with Crippen LogP contribution < -0.4 is 10.2 Å². The fraction of sp³-hybridized carbons (Fsp3) is 0.158. The second-order valence-electron chi connectivity index (χ2n) is 5.82. The Morgan fingerprint density at radius 1 is 1.00 bits per heavy atom. The van der Waals surface area contributed by atoms with Gasteiger partial charge in [0.2, 0.25) is 0 Å². The van der Waals surface area contributed by atoms with Gasteiger partial charge in [0, 0.05) is 0 Å². The minimum absolute atomic E-state index is 0.126. The van der Waals surface area contributed by atoms with Crippen molar-refractivity contribution in [2.45, 2.75) is 20.8 Å². The van der Waals surface area contributed by atoms with Gasteiger partial charge < -0.3 is 5.32 Å². The highest BCUT2D eigenvalue weighted by Crippen LogP contribution is 2.23. The van der Waals surface area contributed by atoms with E-state index in [1.807, 2.05) is 56.3 Å². The van der Waals surface area contributed by atoms with Gasteiger partial charge in [0.25, 0.3) is 5.91 Å². The lowest BCUT2D eigenvalue weighted by Crippen LogP contribution is -2.30. The number of amides is 1. The standard InChI is InChI=1S/C19H18N2OS/c1-12-5-8-16(9-6-12)21-18(22)17(20-19(21)23)11-15-7-4-13(2)10-14(15)3/h4-11H,1-3H3,(H,20,23)/b17-11-. The first-order valence-electron chi connectivity index (χ1n) is 7.47. The molecule has 0 aliphatic carbocycles. The molecule has 2 aromatic rings. The molecule has 1 amide bonds. The van der Waals surface area contributed by atoms with Crippen molar-refractivity contribution in [2.24, 2.45) is 0 Å². The average Bonchev–Trinajstić information content (AvgIpc) is 2.78. The van der Waals surface area contributed by atoms with E-state index in [1.165, 1.54) is 10.5 Å². The minimum Gasteiger partial charge on any atom is -0.327 e. The molecule has 0 radical (unpaired) electrons.